The molecule has 0 rings (SSSR count). The summed E-state index contributed by atoms with van der Waals surface area (Å²) in [4.78, 5) is 0. The summed E-state index contributed by atoms with van der Waals surface area (Å²) in [5, 5.41) is 0. The van der Waals surface area contributed by atoms with E-state index in [9.17, 15) is 0 Å². The molecule has 0 aliphatic heterocycles. The highest BCUT2D eigenvalue weighted by molar-refractivity contribution is 8.00. The number of unbranched alkanes of at least 4 members (excludes halogenated alkanes) is 1. The van der Waals surface area contributed by atoms with Crippen LogP contribution in [0.4, 0.5) is 0 Å². The Hall–Kier alpha value is 0.350. The summed E-state index contributed by atoms with van der Waals surface area (Å²) in [6, 6.07) is 0. The highest BCUT2D eigenvalue weighted by Crippen LogP contribution is 2.16. The Labute approximate surface area is 69.8 Å². The molecule has 0 N–H and O–H groups in total. The lowest BCUT2D eigenvalue weighted by atomic mass is 10.0. The van der Waals surface area contributed by atoms with E-state index >= 15 is 0 Å². The Morgan fingerprint density at radius 1 is 1.40 bits per heavy atom. The molecule has 0 aromatic rings. The highest BCUT2D eigenvalue weighted by atomic mass is 32.2. The van der Waals surface area contributed by atoms with E-state index in [4.69, 9.17) is 6.26 Å². The van der Waals surface area contributed by atoms with Crippen LogP contribution < -0.4 is 0 Å². The van der Waals surface area contributed by atoms with E-state index in [0.717, 1.165) is 11.7 Å². The summed E-state index contributed by atoms with van der Waals surface area (Å²) in [7, 11) is 0. The lowest BCUT2D eigenvalue weighted by Crippen LogP contribution is -2.00. The second-order valence-corrected chi connectivity index (χ2v) is 3.42. The normalized spacial score (nSPS) is 13.5. The zero-order valence-corrected chi connectivity index (χ0v) is 7.91. The van der Waals surface area contributed by atoms with Crippen LogP contribution in [0.3, 0.4) is 0 Å². The molecule has 0 saturated carbocycles. The molecule has 0 aromatic heterocycles. The van der Waals surface area contributed by atoms with Gasteiger partial charge in [0.2, 0.25) is 0 Å². The lowest BCUT2D eigenvalue weighted by molar-refractivity contribution is 0.500. The summed E-state index contributed by atoms with van der Waals surface area (Å²) in [6.45, 7) is 4.48. The van der Waals surface area contributed by atoms with Crippen molar-refractivity contribution < 1.29 is 0 Å². The predicted octanol–water partition coefficient (Wildman–Crippen LogP) is 3.60. The standard InChI is InChI=1S/C9H18S/c1-4-6-7-9(5-2)8-10-3/h3,9H,4-8H2,1-2H3. The van der Waals surface area contributed by atoms with Gasteiger partial charge in [-0.2, -0.15) is 11.8 Å². The number of hydrogen-bond donors (Lipinski definition) is 0. The predicted molar refractivity (Wildman–Crippen MR) is 50.1 cm³/mol. The molecule has 0 aromatic carbocycles. The molecular formula is C9H18S. The molecule has 2 radical (unpaired) electrons. The van der Waals surface area contributed by atoms with Crippen LogP contribution >= 0.6 is 11.8 Å². The maximum Gasteiger partial charge on any atom is 0.0307 e. The summed E-state index contributed by atoms with van der Waals surface area (Å²) < 4.78 is 0. The minimum atomic E-state index is 0.856. The van der Waals surface area contributed by atoms with Crippen molar-refractivity contribution in [3.05, 3.63) is 6.26 Å². The number of hydrogen-bond acceptors (Lipinski definition) is 1. The second kappa shape index (κ2) is 7.46. The van der Waals surface area contributed by atoms with Gasteiger partial charge in [-0.3, -0.25) is 0 Å². The maximum absolute atomic E-state index is 5.39. The summed E-state index contributed by atoms with van der Waals surface area (Å²) in [5.41, 5.74) is 0. The Morgan fingerprint density at radius 2 is 2.10 bits per heavy atom. The molecule has 0 fully saturated rings. The van der Waals surface area contributed by atoms with Gasteiger partial charge in [0.25, 0.3) is 0 Å². The van der Waals surface area contributed by atoms with Crippen molar-refractivity contribution >= 4 is 11.8 Å². The van der Waals surface area contributed by atoms with E-state index < -0.39 is 0 Å². The van der Waals surface area contributed by atoms with Crippen LogP contribution in [-0.2, 0) is 0 Å². The number of thioether (sulfide) groups is 1. The van der Waals surface area contributed by atoms with E-state index in [1.807, 2.05) is 0 Å². The summed E-state index contributed by atoms with van der Waals surface area (Å²) >= 11 is 1.48. The van der Waals surface area contributed by atoms with Crippen LogP contribution in [-0.4, -0.2) is 5.75 Å². The van der Waals surface area contributed by atoms with Gasteiger partial charge in [-0.15, -0.1) is 0 Å². The average Bonchev–Trinajstić information content (AvgIpc) is 1.98. The maximum atomic E-state index is 5.39. The first-order valence-electron chi connectivity index (χ1n) is 4.16. The van der Waals surface area contributed by atoms with Gasteiger partial charge in [0.05, 0.1) is 0 Å². The Morgan fingerprint density at radius 3 is 2.50 bits per heavy atom. The van der Waals surface area contributed by atoms with Gasteiger partial charge < -0.3 is 0 Å². The molecule has 0 heterocycles. The molecule has 0 saturated heterocycles. The van der Waals surface area contributed by atoms with Crippen LogP contribution in [0.2, 0.25) is 0 Å². The van der Waals surface area contributed by atoms with Gasteiger partial charge in [-0.05, 0) is 18.1 Å². The lowest BCUT2D eigenvalue weighted by Gasteiger charge is -2.11. The molecule has 0 spiro atoms. The molecule has 60 valence electrons. The largest absolute Gasteiger partial charge is 0.156 e. The molecule has 1 heteroatoms. The molecule has 0 nitrogen and oxygen atoms in total. The first-order valence-corrected chi connectivity index (χ1v) is 5.21. The van der Waals surface area contributed by atoms with Crippen molar-refractivity contribution in [3.8, 4) is 0 Å². The molecule has 1 unspecified atom stereocenters. The smallest absolute Gasteiger partial charge is 0.0307 e. The van der Waals surface area contributed by atoms with Crippen LogP contribution in [0.15, 0.2) is 0 Å². The molecular weight excluding hydrogens is 140 g/mol. The molecule has 0 aliphatic rings. The second-order valence-electron chi connectivity index (χ2n) is 2.75. The monoisotopic (exact) mass is 158 g/mol. The van der Waals surface area contributed by atoms with E-state index in [2.05, 4.69) is 13.8 Å². The van der Waals surface area contributed by atoms with E-state index in [1.165, 1.54) is 37.4 Å². The minimum absolute atomic E-state index is 0.856. The molecule has 0 amide bonds. The quantitative estimate of drug-likeness (QED) is 0.569. The van der Waals surface area contributed by atoms with Crippen LogP contribution in [0.25, 0.3) is 0 Å². The number of rotatable bonds is 6. The first-order chi connectivity index (χ1) is 4.85. The van der Waals surface area contributed by atoms with Crippen LogP contribution in [0.5, 0.6) is 0 Å². The Balaban J connectivity index is 3.21. The van der Waals surface area contributed by atoms with Crippen molar-refractivity contribution in [3.63, 3.8) is 0 Å². The molecule has 1 atom stereocenters. The van der Waals surface area contributed by atoms with Gasteiger partial charge >= 0.3 is 0 Å². The Bertz CT molecular complexity index is 61.7. The summed E-state index contributed by atoms with van der Waals surface area (Å²) in [6.07, 6.45) is 10.7. The minimum Gasteiger partial charge on any atom is -0.156 e. The van der Waals surface area contributed by atoms with Crippen molar-refractivity contribution in [2.24, 2.45) is 5.92 Å². The SMILES string of the molecule is [CH]SCC(CC)CCCC. The van der Waals surface area contributed by atoms with Gasteiger partial charge in [0.15, 0.2) is 0 Å². The van der Waals surface area contributed by atoms with Crippen LogP contribution in [0, 0.1) is 12.2 Å². The van der Waals surface area contributed by atoms with Crippen molar-refractivity contribution in [1.82, 2.24) is 0 Å². The van der Waals surface area contributed by atoms with E-state index in [0.29, 0.717) is 0 Å². The first kappa shape index (κ1) is 10.3. The average molecular weight is 158 g/mol. The zero-order chi connectivity index (χ0) is 7.82. The Kier molecular flexibility index (Phi) is 7.72. The zero-order valence-electron chi connectivity index (χ0n) is 7.10. The van der Waals surface area contributed by atoms with Crippen molar-refractivity contribution in [2.75, 3.05) is 5.75 Å². The highest BCUT2D eigenvalue weighted by Gasteiger charge is 2.03. The van der Waals surface area contributed by atoms with Gasteiger partial charge in [0, 0.05) is 6.26 Å². The van der Waals surface area contributed by atoms with Crippen molar-refractivity contribution in [1.29, 1.82) is 0 Å². The third-order valence-electron chi connectivity index (χ3n) is 1.88. The topological polar surface area (TPSA) is 0 Å². The molecule has 0 bridgehead atoms. The fraction of sp³-hybridized carbons (Fsp3) is 0.889. The molecule has 0 aliphatic carbocycles. The van der Waals surface area contributed by atoms with Crippen LogP contribution in [0.1, 0.15) is 39.5 Å². The van der Waals surface area contributed by atoms with Crippen molar-refractivity contribution in [2.45, 2.75) is 39.5 Å². The van der Waals surface area contributed by atoms with Gasteiger partial charge in [-0.1, -0.05) is 33.1 Å². The van der Waals surface area contributed by atoms with Gasteiger partial charge in [0.1, 0.15) is 0 Å². The summed E-state index contributed by atoms with van der Waals surface area (Å²) in [5.74, 6) is 1.99. The molecule has 10 heavy (non-hydrogen) atoms. The fourth-order valence-electron chi connectivity index (χ4n) is 1.03. The van der Waals surface area contributed by atoms with E-state index in [-0.39, 0.29) is 0 Å². The third kappa shape index (κ3) is 5.16. The van der Waals surface area contributed by atoms with Gasteiger partial charge in [-0.25, -0.2) is 0 Å². The fourth-order valence-corrected chi connectivity index (χ4v) is 1.71. The van der Waals surface area contributed by atoms with E-state index in [1.54, 1.807) is 0 Å². The third-order valence-corrected chi connectivity index (χ3v) is 2.54.